The van der Waals surface area contributed by atoms with Gasteiger partial charge in [-0.25, -0.2) is 4.68 Å². The second kappa shape index (κ2) is 6.27. The molecule has 5 nitrogen and oxygen atoms in total. The van der Waals surface area contributed by atoms with E-state index in [0.29, 0.717) is 11.6 Å². The van der Waals surface area contributed by atoms with Gasteiger partial charge in [0.15, 0.2) is 0 Å². The lowest BCUT2D eigenvalue weighted by molar-refractivity contribution is 0.321. The molecule has 21 heavy (non-hydrogen) atoms. The fourth-order valence-electron chi connectivity index (χ4n) is 1.85. The number of hydrogen-bond donors (Lipinski definition) is 0. The van der Waals surface area contributed by atoms with Crippen LogP contribution in [0.15, 0.2) is 29.4 Å². The number of rotatable bonds is 4. The molecular formula is C15H19N5S. The molecule has 2 rings (SSSR count). The molecule has 1 unspecified atom stereocenters. The Bertz CT molecular complexity index is 633. The van der Waals surface area contributed by atoms with Crippen molar-refractivity contribution < 1.29 is 0 Å². The third-order valence-corrected chi connectivity index (χ3v) is 4.03. The van der Waals surface area contributed by atoms with Gasteiger partial charge in [0.1, 0.15) is 5.25 Å². The van der Waals surface area contributed by atoms with Crippen LogP contribution in [0.4, 0.5) is 0 Å². The minimum Gasteiger partial charge on any atom is -0.215 e. The molecule has 1 heterocycles. The number of nitriles is 1. The Labute approximate surface area is 129 Å². The number of tetrazole rings is 1. The Kier molecular flexibility index (Phi) is 4.63. The first kappa shape index (κ1) is 15.5. The summed E-state index contributed by atoms with van der Waals surface area (Å²) >= 11 is 1.41. The van der Waals surface area contributed by atoms with Crippen LogP contribution in [0.2, 0.25) is 0 Å². The van der Waals surface area contributed by atoms with Gasteiger partial charge < -0.3 is 0 Å². The van der Waals surface area contributed by atoms with Crippen LogP contribution >= 0.6 is 11.8 Å². The maximum Gasteiger partial charge on any atom is 0.211 e. The summed E-state index contributed by atoms with van der Waals surface area (Å²) in [5.74, 6) is 0. The van der Waals surface area contributed by atoms with Gasteiger partial charge in [-0.1, -0.05) is 41.6 Å². The van der Waals surface area contributed by atoms with Gasteiger partial charge in [-0.3, -0.25) is 0 Å². The zero-order valence-electron chi connectivity index (χ0n) is 12.7. The molecule has 110 valence electrons. The quantitative estimate of drug-likeness (QED) is 0.812. The van der Waals surface area contributed by atoms with Crippen molar-refractivity contribution >= 4 is 11.8 Å². The number of hydrogen-bond acceptors (Lipinski definition) is 5. The highest BCUT2D eigenvalue weighted by Gasteiger charge is 2.23. The van der Waals surface area contributed by atoms with Crippen LogP contribution in [0.1, 0.15) is 31.9 Å². The molecule has 1 aromatic carbocycles. The van der Waals surface area contributed by atoms with E-state index in [1.807, 2.05) is 20.8 Å². The average molecular weight is 301 g/mol. The lowest BCUT2D eigenvalue weighted by Crippen LogP contribution is -2.24. The van der Waals surface area contributed by atoms with Gasteiger partial charge in [-0.05, 0) is 50.1 Å². The summed E-state index contributed by atoms with van der Waals surface area (Å²) in [4.78, 5) is 0. The first-order valence-electron chi connectivity index (χ1n) is 6.81. The minimum absolute atomic E-state index is 0.199. The van der Waals surface area contributed by atoms with E-state index in [1.165, 1.54) is 17.3 Å². The highest BCUT2D eigenvalue weighted by molar-refractivity contribution is 8.00. The van der Waals surface area contributed by atoms with E-state index in [9.17, 15) is 5.26 Å². The SMILES string of the molecule is Cc1ccc(CC(C#N)Sc2nnnn2C(C)(C)C)cc1. The molecule has 0 N–H and O–H groups in total. The summed E-state index contributed by atoms with van der Waals surface area (Å²) in [5.41, 5.74) is 2.17. The molecular weight excluding hydrogens is 282 g/mol. The third kappa shape index (κ3) is 4.05. The number of aryl methyl sites for hydroxylation is 1. The molecule has 0 spiro atoms. The largest absolute Gasteiger partial charge is 0.215 e. The Morgan fingerprint density at radius 3 is 2.52 bits per heavy atom. The maximum absolute atomic E-state index is 9.39. The van der Waals surface area contributed by atoms with Gasteiger partial charge in [0, 0.05) is 0 Å². The highest BCUT2D eigenvalue weighted by atomic mass is 32.2. The number of thioether (sulfide) groups is 1. The van der Waals surface area contributed by atoms with Crippen LogP contribution in [0.5, 0.6) is 0 Å². The van der Waals surface area contributed by atoms with E-state index in [0.717, 1.165) is 5.56 Å². The molecule has 1 aromatic heterocycles. The van der Waals surface area contributed by atoms with Crippen LogP contribution < -0.4 is 0 Å². The fraction of sp³-hybridized carbons (Fsp3) is 0.467. The third-order valence-electron chi connectivity index (χ3n) is 3.01. The van der Waals surface area contributed by atoms with E-state index in [1.54, 1.807) is 4.68 Å². The van der Waals surface area contributed by atoms with Crippen LogP contribution in [0.3, 0.4) is 0 Å². The predicted octanol–water partition coefficient (Wildman–Crippen LogP) is 2.96. The van der Waals surface area contributed by atoms with Crippen molar-refractivity contribution in [3.05, 3.63) is 35.4 Å². The first-order chi connectivity index (χ1) is 9.90. The zero-order valence-corrected chi connectivity index (χ0v) is 13.6. The average Bonchev–Trinajstić information content (AvgIpc) is 2.88. The van der Waals surface area contributed by atoms with Crippen LogP contribution in [0.25, 0.3) is 0 Å². The monoisotopic (exact) mass is 301 g/mol. The fourth-order valence-corrected chi connectivity index (χ4v) is 2.93. The van der Waals surface area contributed by atoms with Crippen molar-refractivity contribution in [1.82, 2.24) is 20.2 Å². The topological polar surface area (TPSA) is 67.4 Å². The van der Waals surface area contributed by atoms with Crippen molar-refractivity contribution in [3.8, 4) is 6.07 Å². The zero-order chi connectivity index (χ0) is 15.5. The van der Waals surface area contributed by atoms with Gasteiger partial charge in [-0.2, -0.15) is 5.26 Å². The molecule has 0 amide bonds. The van der Waals surface area contributed by atoms with Crippen LogP contribution in [-0.4, -0.2) is 25.5 Å². The lowest BCUT2D eigenvalue weighted by Gasteiger charge is -2.20. The highest BCUT2D eigenvalue weighted by Crippen LogP contribution is 2.26. The minimum atomic E-state index is -0.209. The van der Waals surface area contributed by atoms with Crippen molar-refractivity contribution in [3.63, 3.8) is 0 Å². The van der Waals surface area contributed by atoms with Crippen molar-refractivity contribution in [2.45, 2.75) is 50.1 Å². The number of benzene rings is 1. The van der Waals surface area contributed by atoms with Crippen LogP contribution in [0, 0.1) is 18.3 Å². The van der Waals surface area contributed by atoms with Gasteiger partial charge in [0.05, 0.1) is 11.6 Å². The molecule has 0 saturated heterocycles. The number of nitrogens with zero attached hydrogens (tertiary/aromatic N) is 5. The molecule has 0 radical (unpaired) electrons. The summed E-state index contributed by atoms with van der Waals surface area (Å²) in [6.07, 6.45) is 0.679. The van der Waals surface area contributed by atoms with E-state index in [4.69, 9.17) is 0 Å². The molecule has 0 bridgehead atoms. The Hall–Kier alpha value is -1.87. The van der Waals surface area contributed by atoms with Gasteiger partial charge >= 0.3 is 0 Å². The smallest absolute Gasteiger partial charge is 0.211 e. The molecule has 2 aromatic rings. The summed E-state index contributed by atoms with van der Waals surface area (Å²) in [7, 11) is 0. The molecule has 0 aliphatic heterocycles. The second-order valence-corrected chi connectivity index (χ2v) is 7.14. The van der Waals surface area contributed by atoms with Crippen molar-refractivity contribution in [2.75, 3.05) is 0 Å². The standard InChI is InChI=1S/C15H19N5S/c1-11-5-7-12(8-6-11)9-13(10-16)21-14-17-18-19-20(14)15(2,3)4/h5-8,13H,9H2,1-4H3. The van der Waals surface area contributed by atoms with Gasteiger partial charge in [0.25, 0.3) is 0 Å². The maximum atomic E-state index is 9.39. The summed E-state index contributed by atoms with van der Waals surface area (Å²) in [6, 6.07) is 10.6. The molecule has 6 heteroatoms. The Morgan fingerprint density at radius 1 is 1.29 bits per heavy atom. The van der Waals surface area contributed by atoms with Gasteiger partial charge in [0.2, 0.25) is 5.16 Å². The van der Waals surface area contributed by atoms with Crippen molar-refractivity contribution in [2.24, 2.45) is 0 Å². The Morgan fingerprint density at radius 2 is 1.95 bits per heavy atom. The molecule has 0 saturated carbocycles. The van der Waals surface area contributed by atoms with E-state index >= 15 is 0 Å². The lowest BCUT2D eigenvalue weighted by atomic mass is 10.1. The first-order valence-corrected chi connectivity index (χ1v) is 7.69. The summed E-state index contributed by atoms with van der Waals surface area (Å²) in [6.45, 7) is 8.16. The molecule has 0 fully saturated rings. The molecule has 0 aliphatic carbocycles. The van der Waals surface area contributed by atoms with E-state index in [-0.39, 0.29) is 10.8 Å². The molecule has 0 aliphatic rings. The second-order valence-electron chi connectivity index (χ2n) is 5.97. The van der Waals surface area contributed by atoms with E-state index < -0.39 is 0 Å². The summed E-state index contributed by atoms with van der Waals surface area (Å²) < 4.78 is 1.76. The Balaban J connectivity index is 2.12. The van der Waals surface area contributed by atoms with Crippen molar-refractivity contribution in [1.29, 1.82) is 5.26 Å². The summed E-state index contributed by atoms with van der Waals surface area (Å²) in [5, 5.41) is 21.6. The number of aromatic nitrogens is 4. The normalized spacial score (nSPS) is 12.9. The molecule has 1 atom stereocenters. The van der Waals surface area contributed by atoms with Crippen LogP contribution in [-0.2, 0) is 12.0 Å². The van der Waals surface area contributed by atoms with E-state index in [2.05, 4.69) is 52.8 Å². The van der Waals surface area contributed by atoms with Gasteiger partial charge in [-0.15, -0.1) is 5.10 Å². The predicted molar refractivity (Wildman–Crippen MR) is 83.0 cm³/mol.